The van der Waals surface area contributed by atoms with Crippen molar-refractivity contribution in [3.63, 3.8) is 0 Å². The molecule has 0 N–H and O–H groups in total. The summed E-state index contributed by atoms with van der Waals surface area (Å²) in [5, 5.41) is 10.6. The van der Waals surface area contributed by atoms with Crippen LogP contribution in [0.2, 0.25) is 18.1 Å². The number of nitriles is 1. The molecule has 0 spiro atoms. The number of hydrogen-bond acceptors (Lipinski definition) is 2. The smallest absolute Gasteiger partial charge is 0.192 e. The summed E-state index contributed by atoms with van der Waals surface area (Å²) < 4.78 is 9.67. The highest BCUT2D eigenvalue weighted by atomic mass is 79.9. The summed E-state index contributed by atoms with van der Waals surface area (Å²) in [5.41, 5.74) is 1.80. The van der Waals surface area contributed by atoms with Gasteiger partial charge in [-0.1, -0.05) is 56.6 Å². The first-order chi connectivity index (χ1) is 11.4. The molecule has 0 radical (unpaired) electrons. The minimum absolute atomic E-state index is 0.0173. The van der Waals surface area contributed by atoms with Crippen LogP contribution < -0.4 is 0 Å². The van der Waals surface area contributed by atoms with Gasteiger partial charge in [0.25, 0.3) is 0 Å². The van der Waals surface area contributed by atoms with E-state index in [-0.39, 0.29) is 10.5 Å². The highest BCUT2D eigenvalue weighted by molar-refractivity contribution is 9.10. The lowest BCUT2D eigenvalue weighted by molar-refractivity contribution is 0.147. The lowest BCUT2D eigenvalue weighted by Gasteiger charge is -2.39. The zero-order valence-electron chi connectivity index (χ0n) is 16.4. The van der Waals surface area contributed by atoms with Gasteiger partial charge < -0.3 is 8.99 Å². The van der Waals surface area contributed by atoms with Crippen LogP contribution in [0.4, 0.5) is 0 Å². The van der Waals surface area contributed by atoms with Crippen molar-refractivity contribution in [2.24, 2.45) is 5.41 Å². The molecule has 0 fully saturated rings. The Hall–Kier alpha value is -1.09. The van der Waals surface area contributed by atoms with Crippen LogP contribution in [0.15, 0.2) is 28.9 Å². The lowest BCUT2D eigenvalue weighted by Crippen LogP contribution is -2.43. The number of halogens is 1. The third-order valence-electron chi connectivity index (χ3n) is 5.19. The van der Waals surface area contributed by atoms with Crippen molar-refractivity contribution in [3.8, 4) is 6.07 Å². The summed E-state index contributed by atoms with van der Waals surface area (Å²) in [6.07, 6.45) is 1.96. The fraction of sp³-hybridized carbons (Fsp3) is 0.550. The van der Waals surface area contributed by atoms with Crippen LogP contribution in [-0.4, -0.2) is 19.5 Å². The Morgan fingerprint density at radius 1 is 1.20 bits per heavy atom. The van der Waals surface area contributed by atoms with E-state index >= 15 is 0 Å². The molecule has 0 saturated heterocycles. The Kier molecular flexibility index (Phi) is 5.58. The van der Waals surface area contributed by atoms with Gasteiger partial charge in [0.1, 0.15) is 6.07 Å². The summed E-state index contributed by atoms with van der Waals surface area (Å²) in [5.74, 6) is 0. The molecule has 0 aliphatic heterocycles. The van der Waals surface area contributed by atoms with Crippen molar-refractivity contribution in [3.05, 3.63) is 34.4 Å². The molecule has 1 aromatic heterocycles. The van der Waals surface area contributed by atoms with Gasteiger partial charge in [0.05, 0.1) is 11.1 Å². The van der Waals surface area contributed by atoms with E-state index < -0.39 is 8.32 Å². The predicted octanol–water partition coefficient (Wildman–Crippen LogP) is 6.32. The van der Waals surface area contributed by atoms with Crippen molar-refractivity contribution in [1.82, 2.24) is 4.57 Å². The van der Waals surface area contributed by atoms with E-state index in [0.29, 0.717) is 0 Å². The molecule has 0 aliphatic rings. The van der Waals surface area contributed by atoms with Gasteiger partial charge >= 0.3 is 0 Å². The molecule has 136 valence electrons. The van der Waals surface area contributed by atoms with E-state index in [9.17, 15) is 5.26 Å². The molecule has 2 rings (SSSR count). The van der Waals surface area contributed by atoms with Gasteiger partial charge in [-0.25, -0.2) is 0 Å². The third kappa shape index (κ3) is 4.55. The highest BCUT2D eigenvalue weighted by Gasteiger charge is 2.38. The number of hydrogen-bond donors (Lipinski definition) is 0. The molecule has 0 saturated carbocycles. The first kappa shape index (κ1) is 20.2. The maximum atomic E-state index is 9.42. The molecule has 0 aliphatic carbocycles. The fourth-order valence-electron chi connectivity index (χ4n) is 2.58. The number of aromatic nitrogens is 1. The van der Waals surface area contributed by atoms with E-state index in [0.717, 1.165) is 34.1 Å². The second kappa shape index (κ2) is 6.90. The molecule has 0 amide bonds. The standard InChI is InChI=1S/C20H29BrN2OSi/c1-19(2,3)25(6,7)24-14-20(4,5)13-23-12-15(11-22)17-9-8-16(21)10-18(17)23/h8-10,12H,13-14H2,1-7H3. The molecular formula is C20H29BrN2OSi. The van der Waals surface area contributed by atoms with Crippen molar-refractivity contribution < 1.29 is 4.43 Å². The molecule has 0 unspecified atom stereocenters. The quantitative estimate of drug-likeness (QED) is 0.530. The van der Waals surface area contributed by atoms with Gasteiger partial charge in [0, 0.05) is 34.6 Å². The second-order valence-corrected chi connectivity index (χ2v) is 14.9. The first-order valence-corrected chi connectivity index (χ1v) is 12.4. The maximum Gasteiger partial charge on any atom is 0.192 e. The van der Waals surface area contributed by atoms with Gasteiger partial charge in [0.15, 0.2) is 8.32 Å². The summed E-state index contributed by atoms with van der Waals surface area (Å²) in [4.78, 5) is 0. The van der Waals surface area contributed by atoms with Crippen LogP contribution in [0, 0.1) is 16.7 Å². The zero-order valence-corrected chi connectivity index (χ0v) is 19.0. The molecule has 1 aromatic carbocycles. The SMILES string of the molecule is CC(C)(CO[Si](C)(C)C(C)(C)C)Cn1cc(C#N)c2ccc(Br)cc21. The average Bonchev–Trinajstić information content (AvgIpc) is 2.81. The van der Waals surface area contributed by atoms with Gasteiger partial charge in [-0.2, -0.15) is 5.26 Å². The van der Waals surface area contributed by atoms with Crippen LogP contribution in [0.3, 0.4) is 0 Å². The molecule has 0 atom stereocenters. The lowest BCUT2D eigenvalue weighted by atomic mass is 9.95. The molecule has 25 heavy (non-hydrogen) atoms. The predicted molar refractivity (Wildman–Crippen MR) is 111 cm³/mol. The van der Waals surface area contributed by atoms with E-state index in [1.807, 2.05) is 18.3 Å². The van der Waals surface area contributed by atoms with Crippen molar-refractivity contribution in [2.75, 3.05) is 6.61 Å². The van der Waals surface area contributed by atoms with Crippen molar-refractivity contribution in [1.29, 1.82) is 5.26 Å². The van der Waals surface area contributed by atoms with Crippen molar-refractivity contribution in [2.45, 2.75) is 59.3 Å². The normalized spacial score (nSPS) is 13.2. The van der Waals surface area contributed by atoms with E-state index in [1.165, 1.54) is 0 Å². The first-order valence-electron chi connectivity index (χ1n) is 8.69. The summed E-state index contributed by atoms with van der Waals surface area (Å²) in [6, 6.07) is 8.39. The Morgan fingerprint density at radius 3 is 2.40 bits per heavy atom. The molecule has 1 heterocycles. The van der Waals surface area contributed by atoms with Crippen LogP contribution in [0.5, 0.6) is 0 Å². The summed E-state index contributed by atoms with van der Waals surface area (Å²) >= 11 is 3.54. The highest BCUT2D eigenvalue weighted by Crippen LogP contribution is 2.38. The Bertz CT molecular complexity index is 809. The molecular weight excluding hydrogens is 392 g/mol. The van der Waals surface area contributed by atoms with Crippen LogP contribution >= 0.6 is 15.9 Å². The van der Waals surface area contributed by atoms with Crippen molar-refractivity contribution >= 4 is 35.2 Å². The van der Waals surface area contributed by atoms with Crippen LogP contribution in [0.1, 0.15) is 40.2 Å². The molecule has 0 bridgehead atoms. The van der Waals surface area contributed by atoms with Crippen LogP contribution in [0.25, 0.3) is 10.9 Å². The largest absolute Gasteiger partial charge is 0.416 e. The number of fused-ring (bicyclic) bond motifs is 1. The van der Waals surface area contributed by atoms with E-state index in [4.69, 9.17) is 4.43 Å². The van der Waals surface area contributed by atoms with E-state index in [2.05, 4.69) is 80.3 Å². The van der Waals surface area contributed by atoms with E-state index in [1.54, 1.807) is 0 Å². The number of nitrogens with zero attached hydrogens (tertiary/aromatic N) is 2. The average molecular weight is 421 g/mol. The Balaban J connectivity index is 2.25. The second-order valence-electron chi connectivity index (χ2n) is 9.16. The monoisotopic (exact) mass is 420 g/mol. The fourth-order valence-corrected chi connectivity index (χ4v) is 4.12. The van der Waals surface area contributed by atoms with Gasteiger partial charge in [-0.05, 0) is 30.3 Å². The summed E-state index contributed by atoms with van der Waals surface area (Å²) in [6.45, 7) is 17.4. The molecule has 5 heteroatoms. The third-order valence-corrected chi connectivity index (χ3v) is 10.2. The van der Waals surface area contributed by atoms with Gasteiger partial charge in [0.2, 0.25) is 0 Å². The number of benzene rings is 1. The summed E-state index contributed by atoms with van der Waals surface area (Å²) in [7, 11) is -1.77. The maximum absolute atomic E-state index is 9.42. The minimum atomic E-state index is -1.77. The Morgan fingerprint density at radius 2 is 1.84 bits per heavy atom. The minimum Gasteiger partial charge on any atom is -0.416 e. The Labute approximate surface area is 161 Å². The zero-order chi connectivity index (χ0) is 19.0. The topological polar surface area (TPSA) is 38.0 Å². The van der Waals surface area contributed by atoms with Crippen LogP contribution in [-0.2, 0) is 11.0 Å². The molecule has 2 aromatic rings. The van der Waals surface area contributed by atoms with Gasteiger partial charge in [-0.15, -0.1) is 0 Å². The van der Waals surface area contributed by atoms with Gasteiger partial charge in [-0.3, -0.25) is 0 Å². The number of rotatable bonds is 5. The molecule has 3 nitrogen and oxygen atoms in total.